The van der Waals surface area contributed by atoms with Crippen molar-refractivity contribution in [1.29, 1.82) is 0 Å². The van der Waals surface area contributed by atoms with Crippen molar-refractivity contribution in [3.05, 3.63) is 0 Å². The predicted octanol–water partition coefficient (Wildman–Crippen LogP) is 1.94. The fourth-order valence-corrected chi connectivity index (χ4v) is 3.11. The molecule has 108 valence electrons. The molecule has 5 heteroatoms. The third-order valence-electron chi connectivity index (χ3n) is 4.42. The van der Waals surface area contributed by atoms with Crippen LogP contribution < -0.4 is 5.73 Å². The predicted molar refractivity (Wildman–Crippen MR) is 73.9 cm³/mol. The maximum absolute atomic E-state index is 12.9. The summed E-state index contributed by atoms with van der Waals surface area (Å²) in [5.41, 5.74) is 5.11. The molecule has 0 aliphatic heterocycles. The Bertz CT molecular complexity index is 358. The quantitative estimate of drug-likeness (QED) is 0.334. The van der Waals surface area contributed by atoms with Crippen LogP contribution in [0, 0.1) is 11.3 Å². The lowest BCUT2D eigenvalue weighted by Crippen LogP contribution is -2.50. The van der Waals surface area contributed by atoms with Crippen molar-refractivity contribution >= 4 is 11.7 Å². The van der Waals surface area contributed by atoms with Crippen molar-refractivity contribution in [3.63, 3.8) is 0 Å². The first-order valence-corrected chi connectivity index (χ1v) is 7.41. The zero-order chi connectivity index (χ0) is 13.9. The molecule has 0 aromatic rings. The number of oxime groups is 1. The highest BCUT2D eigenvalue weighted by atomic mass is 16.4. The average molecular weight is 267 g/mol. The van der Waals surface area contributed by atoms with Gasteiger partial charge in [-0.1, -0.05) is 24.9 Å². The smallest absolute Gasteiger partial charge is 0.236 e. The Morgan fingerprint density at radius 3 is 2.53 bits per heavy atom. The first-order valence-electron chi connectivity index (χ1n) is 7.41. The van der Waals surface area contributed by atoms with Crippen LogP contribution in [0.25, 0.3) is 0 Å². The van der Waals surface area contributed by atoms with Gasteiger partial charge in [0.25, 0.3) is 0 Å². The second kappa shape index (κ2) is 5.80. The number of carbonyl (C=O) groups is 1. The van der Waals surface area contributed by atoms with E-state index < -0.39 is 5.41 Å². The number of rotatable bonds is 6. The van der Waals surface area contributed by atoms with Gasteiger partial charge in [0.15, 0.2) is 5.84 Å². The molecular weight excluding hydrogens is 242 g/mol. The van der Waals surface area contributed by atoms with Crippen LogP contribution in [0.3, 0.4) is 0 Å². The van der Waals surface area contributed by atoms with Crippen LogP contribution in [-0.2, 0) is 4.79 Å². The van der Waals surface area contributed by atoms with Gasteiger partial charge in [-0.2, -0.15) is 0 Å². The summed E-state index contributed by atoms with van der Waals surface area (Å²) in [5.74, 6) is 0.849. The van der Waals surface area contributed by atoms with E-state index in [1.54, 1.807) is 0 Å². The molecule has 2 aliphatic carbocycles. The number of amidine groups is 1. The van der Waals surface area contributed by atoms with Gasteiger partial charge in [-0.3, -0.25) is 4.79 Å². The normalized spacial score (nSPS) is 22.5. The van der Waals surface area contributed by atoms with Crippen molar-refractivity contribution in [2.45, 2.75) is 51.9 Å². The van der Waals surface area contributed by atoms with E-state index in [0.717, 1.165) is 32.4 Å². The number of nitrogens with zero attached hydrogens (tertiary/aromatic N) is 2. The molecule has 0 aromatic carbocycles. The molecule has 0 saturated heterocycles. The largest absolute Gasteiger partial charge is 0.409 e. The van der Waals surface area contributed by atoms with Crippen LogP contribution in [0.5, 0.6) is 0 Å². The van der Waals surface area contributed by atoms with Gasteiger partial charge in [0.05, 0.1) is 0 Å². The lowest BCUT2D eigenvalue weighted by atomic mass is 9.83. The Morgan fingerprint density at radius 1 is 1.42 bits per heavy atom. The van der Waals surface area contributed by atoms with E-state index >= 15 is 0 Å². The van der Waals surface area contributed by atoms with Crippen LogP contribution in [0.4, 0.5) is 0 Å². The minimum Gasteiger partial charge on any atom is -0.409 e. The van der Waals surface area contributed by atoms with Crippen molar-refractivity contribution in [1.82, 2.24) is 4.90 Å². The van der Waals surface area contributed by atoms with Gasteiger partial charge in [0, 0.05) is 13.1 Å². The van der Waals surface area contributed by atoms with E-state index in [-0.39, 0.29) is 11.7 Å². The molecule has 2 aliphatic rings. The molecule has 19 heavy (non-hydrogen) atoms. The van der Waals surface area contributed by atoms with Crippen LogP contribution in [0.1, 0.15) is 51.9 Å². The van der Waals surface area contributed by atoms with Gasteiger partial charge in [-0.05, 0) is 38.0 Å². The number of hydrogen-bond donors (Lipinski definition) is 2. The number of hydrogen-bond acceptors (Lipinski definition) is 3. The standard InChI is InChI=1S/C14H25N3O2/c1-2-9-17(10-11-5-6-11)13(18)14(12(15)16-19)7-3-4-8-14/h11,19H,2-10H2,1H3,(H2,15,16). The van der Waals surface area contributed by atoms with Crippen molar-refractivity contribution in [3.8, 4) is 0 Å². The van der Waals surface area contributed by atoms with Gasteiger partial charge < -0.3 is 15.8 Å². The third-order valence-corrected chi connectivity index (χ3v) is 4.42. The van der Waals surface area contributed by atoms with Crippen LogP contribution in [0.2, 0.25) is 0 Å². The molecule has 3 N–H and O–H groups in total. The molecule has 0 radical (unpaired) electrons. The van der Waals surface area contributed by atoms with Gasteiger partial charge in [0.2, 0.25) is 5.91 Å². The maximum atomic E-state index is 12.9. The Morgan fingerprint density at radius 2 is 2.05 bits per heavy atom. The second-order valence-corrected chi connectivity index (χ2v) is 5.97. The lowest BCUT2D eigenvalue weighted by Gasteiger charge is -2.33. The molecule has 5 nitrogen and oxygen atoms in total. The molecule has 1 amide bonds. The Hall–Kier alpha value is -1.26. The molecule has 0 bridgehead atoms. The van der Waals surface area contributed by atoms with Gasteiger partial charge in [0.1, 0.15) is 5.41 Å². The molecule has 0 heterocycles. The lowest BCUT2D eigenvalue weighted by molar-refractivity contribution is -0.138. The van der Waals surface area contributed by atoms with Gasteiger partial charge >= 0.3 is 0 Å². The van der Waals surface area contributed by atoms with Crippen molar-refractivity contribution in [2.24, 2.45) is 22.2 Å². The first kappa shape index (κ1) is 14.2. The summed E-state index contributed by atoms with van der Waals surface area (Å²) in [7, 11) is 0. The third kappa shape index (κ3) is 2.85. The molecule has 0 aromatic heterocycles. The number of nitrogens with two attached hydrogens (primary N) is 1. The zero-order valence-electron chi connectivity index (χ0n) is 11.8. The van der Waals surface area contributed by atoms with Crippen molar-refractivity contribution < 1.29 is 10.0 Å². The van der Waals surface area contributed by atoms with E-state index in [9.17, 15) is 4.79 Å². The minimum atomic E-state index is -0.737. The Kier molecular flexibility index (Phi) is 4.32. The van der Waals surface area contributed by atoms with E-state index in [1.807, 2.05) is 4.90 Å². The molecule has 0 unspecified atom stereocenters. The first-order chi connectivity index (χ1) is 9.14. The van der Waals surface area contributed by atoms with Crippen LogP contribution in [0.15, 0.2) is 5.16 Å². The van der Waals surface area contributed by atoms with E-state index in [4.69, 9.17) is 10.9 Å². The summed E-state index contributed by atoms with van der Waals surface area (Å²) >= 11 is 0. The Balaban J connectivity index is 2.16. The summed E-state index contributed by atoms with van der Waals surface area (Å²) in [6.45, 7) is 3.70. The topological polar surface area (TPSA) is 78.9 Å². The highest BCUT2D eigenvalue weighted by molar-refractivity contribution is 6.07. The van der Waals surface area contributed by atoms with Crippen LogP contribution in [-0.4, -0.2) is 34.9 Å². The van der Waals surface area contributed by atoms with Crippen LogP contribution >= 0.6 is 0 Å². The molecule has 0 atom stereocenters. The molecular formula is C14H25N3O2. The van der Waals surface area contributed by atoms with E-state index in [1.165, 1.54) is 12.8 Å². The molecule has 0 spiro atoms. The number of amides is 1. The summed E-state index contributed by atoms with van der Waals surface area (Å²) in [6.07, 6.45) is 6.79. The summed E-state index contributed by atoms with van der Waals surface area (Å²) in [6, 6.07) is 0. The number of carbonyl (C=O) groups excluding carboxylic acids is 1. The molecule has 2 rings (SSSR count). The fraction of sp³-hybridized carbons (Fsp3) is 0.857. The monoisotopic (exact) mass is 267 g/mol. The summed E-state index contributed by atoms with van der Waals surface area (Å²) < 4.78 is 0. The zero-order valence-corrected chi connectivity index (χ0v) is 11.8. The maximum Gasteiger partial charge on any atom is 0.236 e. The summed E-state index contributed by atoms with van der Waals surface area (Å²) in [4.78, 5) is 14.8. The SMILES string of the molecule is CCCN(CC1CC1)C(=O)C1(/C(N)=N/O)CCCC1. The highest BCUT2D eigenvalue weighted by Gasteiger charge is 2.47. The highest BCUT2D eigenvalue weighted by Crippen LogP contribution is 2.41. The Labute approximate surface area is 114 Å². The van der Waals surface area contributed by atoms with Crippen molar-refractivity contribution in [2.75, 3.05) is 13.1 Å². The molecule has 2 fully saturated rings. The molecule has 2 saturated carbocycles. The summed E-state index contributed by atoms with van der Waals surface area (Å²) in [5, 5.41) is 12.2. The average Bonchev–Trinajstić information content (AvgIpc) is 3.10. The van der Waals surface area contributed by atoms with E-state index in [2.05, 4.69) is 12.1 Å². The minimum absolute atomic E-state index is 0.0778. The van der Waals surface area contributed by atoms with Gasteiger partial charge in [-0.25, -0.2) is 0 Å². The van der Waals surface area contributed by atoms with Gasteiger partial charge in [-0.15, -0.1) is 0 Å². The fourth-order valence-electron chi connectivity index (χ4n) is 3.11. The van der Waals surface area contributed by atoms with E-state index in [0.29, 0.717) is 18.8 Å². The second-order valence-electron chi connectivity index (χ2n) is 5.97.